The zero-order valence-electron chi connectivity index (χ0n) is 55.8. The second kappa shape index (κ2) is 40.0. The molecule has 8 heterocycles. The molecule has 0 atom stereocenters. The van der Waals surface area contributed by atoms with E-state index in [1.165, 1.54) is 22.3 Å². The first-order chi connectivity index (χ1) is 38.9. The van der Waals surface area contributed by atoms with Gasteiger partial charge in [0.05, 0.1) is 0 Å². The molecule has 458 valence electrons. The largest absolute Gasteiger partial charge is 0.245 e. The standard InChI is InChI=1S/4C9H14N2.3C8H12N2.C7H10N2.CH4/c2*1-6(2)9-7(3)8(4)10-5-11-9;1-6(2)9-7(3)5-10-8(4)11-9;1-6(2)9-5-7(3)10-8(4)11-9;1-6(2)8-7(3)4-9-5-10-8;1-6(2)8-4-7(3)9-5-10-8;1-6(2)8-4-5-9-7(3)10-8;1-6(2)7-3-4-8-5-9-7;/h4*5-6H,1-4H3;3*4-6H,1-3H3;3-6H,1-2H3;1H4. The molecule has 0 aliphatic heterocycles. The third kappa shape index (κ3) is 29.8. The molecule has 16 heteroatoms. The Balaban J connectivity index is 0.000000936. The third-order valence-corrected chi connectivity index (χ3v) is 12.6. The smallest absolute Gasteiger partial charge is 0.125 e. The molecular weight excluding hydrogens is 1040 g/mol. The van der Waals surface area contributed by atoms with E-state index in [1.54, 1.807) is 44.0 Å². The van der Waals surface area contributed by atoms with Crippen LogP contribution < -0.4 is 0 Å². The summed E-state index contributed by atoms with van der Waals surface area (Å²) >= 11 is 0. The molecule has 0 aromatic carbocycles. The maximum atomic E-state index is 4.36. The Bertz CT molecular complexity index is 2950. The van der Waals surface area contributed by atoms with Crippen LogP contribution in [-0.2, 0) is 0 Å². The van der Waals surface area contributed by atoms with E-state index in [0.29, 0.717) is 47.3 Å². The van der Waals surface area contributed by atoms with E-state index in [2.05, 4.69) is 211 Å². The quantitative estimate of drug-likeness (QED) is 0.139. The molecule has 0 radical (unpaired) electrons. The number of rotatable bonds is 8. The van der Waals surface area contributed by atoms with Gasteiger partial charge in [0, 0.05) is 93.1 Å². The van der Waals surface area contributed by atoms with Crippen molar-refractivity contribution in [2.75, 3.05) is 0 Å². The lowest BCUT2D eigenvalue weighted by molar-refractivity contribution is 0.789. The van der Waals surface area contributed by atoms with Crippen molar-refractivity contribution in [2.45, 2.75) is 242 Å². The topological polar surface area (TPSA) is 206 Å². The molecule has 0 amide bonds. The maximum absolute atomic E-state index is 4.36. The molecule has 8 rings (SSSR count). The first-order valence-corrected chi connectivity index (χ1v) is 29.2. The van der Waals surface area contributed by atoms with Gasteiger partial charge in [0.25, 0.3) is 0 Å². The molecule has 0 spiro atoms. The Morgan fingerprint density at radius 1 is 0.286 bits per heavy atom. The van der Waals surface area contributed by atoms with Crippen LogP contribution >= 0.6 is 0 Å². The van der Waals surface area contributed by atoms with Crippen LogP contribution in [0.15, 0.2) is 80.7 Å². The van der Waals surface area contributed by atoms with Crippen LogP contribution in [-0.4, -0.2) is 79.7 Å². The van der Waals surface area contributed by atoms with Gasteiger partial charge >= 0.3 is 0 Å². The van der Waals surface area contributed by atoms with E-state index in [9.17, 15) is 0 Å². The normalized spacial score (nSPS) is 10.4. The minimum atomic E-state index is 0. The zero-order valence-corrected chi connectivity index (χ0v) is 55.8. The molecule has 0 saturated carbocycles. The summed E-state index contributed by atoms with van der Waals surface area (Å²) in [6, 6.07) is 7.95. The molecular formula is C68H106N16. The summed E-state index contributed by atoms with van der Waals surface area (Å²) in [6.45, 7) is 56.2. The number of hydrogen-bond acceptors (Lipinski definition) is 16. The van der Waals surface area contributed by atoms with Crippen molar-refractivity contribution in [2.24, 2.45) is 0 Å². The lowest BCUT2D eigenvalue weighted by Crippen LogP contribution is -2.00. The summed E-state index contributed by atoms with van der Waals surface area (Å²) in [5, 5.41) is 0. The summed E-state index contributed by atoms with van der Waals surface area (Å²) in [7, 11) is 0. The van der Waals surface area contributed by atoms with Gasteiger partial charge in [-0.2, -0.15) is 0 Å². The average Bonchev–Trinajstić information content (AvgIpc) is 3.52. The van der Waals surface area contributed by atoms with Gasteiger partial charge in [-0.1, -0.05) is 118 Å². The lowest BCUT2D eigenvalue weighted by Gasteiger charge is -2.08. The van der Waals surface area contributed by atoms with E-state index < -0.39 is 0 Å². The molecule has 84 heavy (non-hydrogen) atoms. The monoisotopic (exact) mass is 1150 g/mol. The highest BCUT2D eigenvalue weighted by Gasteiger charge is 2.09. The summed E-state index contributed by atoms with van der Waals surface area (Å²) < 4.78 is 0. The fourth-order valence-corrected chi connectivity index (χ4v) is 7.69. The molecule has 0 saturated heterocycles. The molecule has 0 fully saturated rings. The number of aromatic nitrogens is 16. The van der Waals surface area contributed by atoms with Crippen LogP contribution in [0, 0.1) is 76.2 Å². The maximum Gasteiger partial charge on any atom is 0.125 e. The summed E-state index contributed by atoms with van der Waals surface area (Å²) in [5.41, 5.74) is 18.2. The second-order valence-electron chi connectivity index (χ2n) is 23.0. The van der Waals surface area contributed by atoms with Gasteiger partial charge in [-0.3, -0.25) is 0 Å². The Kier molecular flexibility index (Phi) is 36.5. The third-order valence-electron chi connectivity index (χ3n) is 12.6. The van der Waals surface area contributed by atoms with Crippen molar-refractivity contribution in [3.05, 3.63) is 189 Å². The van der Waals surface area contributed by atoms with E-state index in [0.717, 1.165) is 85.8 Å². The predicted octanol–water partition coefficient (Wildman–Crippen LogP) is 16.8. The van der Waals surface area contributed by atoms with Gasteiger partial charge in [-0.25, -0.2) is 79.7 Å². The number of nitrogens with zero attached hydrogens (tertiary/aromatic N) is 16. The molecule has 0 aliphatic carbocycles. The van der Waals surface area contributed by atoms with Gasteiger partial charge in [0.15, 0.2) is 0 Å². The fraction of sp³-hybridized carbons (Fsp3) is 0.529. The SMILES string of the molecule is C.CC(C)c1ccncn1.Cc1cc(C(C)C)nc(C)n1.Cc1cc(C(C)C)ncn1.Cc1cncnc1C(C)C.Cc1ncc(C)c(C(C)C)n1.Cc1nccc(C(C)C)n1.Cc1ncnc(C(C)C)c1C.Cc1ncnc(C(C)C)c1C. The first-order valence-electron chi connectivity index (χ1n) is 29.2. The summed E-state index contributed by atoms with van der Waals surface area (Å²) in [6.07, 6.45) is 15.4. The Morgan fingerprint density at radius 3 is 1.06 bits per heavy atom. The number of aryl methyl sites for hydroxylation is 9. The van der Waals surface area contributed by atoms with Gasteiger partial charge in [-0.05, 0) is 170 Å². The van der Waals surface area contributed by atoms with E-state index >= 15 is 0 Å². The zero-order chi connectivity index (χ0) is 63.1. The van der Waals surface area contributed by atoms with Crippen molar-refractivity contribution in [1.29, 1.82) is 0 Å². The van der Waals surface area contributed by atoms with Crippen molar-refractivity contribution in [3.63, 3.8) is 0 Å². The lowest BCUT2D eigenvalue weighted by atomic mass is 10.0. The fourth-order valence-electron chi connectivity index (χ4n) is 7.69. The highest BCUT2D eigenvalue weighted by atomic mass is 14.9. The summed E-state index contributed by atoms with van der Waals surface area (Å²) in [4.78, 5) is 66.1. The Labute approximate surface area is 508 Å². The first kappa shape index (κ1) is 76.6. The van der Waals surface area contributed by atoms with Crippen LogP contribution in [0.1, 0.15) is 274 Å². The molecule has 16 nitrogen and oxygen atoms in total. The van der Waals surface area contributed by atoms with Crippen molar-refractivity contribution in [1.82, 2.24) is 79.7 Å². The van der Waals surface area contributed by atoms with E-state index in [-0.39, 0.29) is 7.43 Å². The highest BCUT2D eigenvalue weighted by Crippen LogP contribution is 2.19. The van der Waals surface area contributed by atoms with Crippen molar-refractivity contribution >= 4 is 0 Å². The molecule has 0 unspecified atom stereocenters. The summed E-state index contributed by atoms with van der Waals surface area (Å²) in [5.74, 6) is 6.58. The Morgan fingerprint density at radius 2 is 0.702 bits per heavy atom. The van der Waals surface area contributed by atoms with Crippen LogP contribution in [0.25, 0.3) is 0 Å². The van der Waals surface area contributed by atoms with Crippen LogP contribution in [0.2, 0.25) is 0 Å². The molecule has 8 aromatic rings. The van der Waals surface area contributed by atoms with E-state index in [4.69, 9.17) is 0 Å². The van der Waals surface area contributed by atoms with Crippen LogP contribution in [0.5, 0.6) is 0 Å². The number of hydrogen-bond donors (Lipinski definition) is 0. The van der Waals surface area contributed by atoms with Crippen LogP contribution in [0.3, 0.4) is 0 Å². The van der Waals surface area contributed by atoms with Gasteiger partial charge < -0.3 is 0 Å². The molecule has 0 bridgehead atoms. The molecule has 0 N–H and O–H groups in total. The average molecular weight is 1150 g/mol. The highest BCUT2D eigenvalue weighted by molar-refractivity contribution is 5.25. The Hall–Kier alpha value is -7.36. The van der Waals surface area contributed by atoms with Gasteiger partial charge in [-0.15, -0.1) is 0 Å². The minimum absolute atomic E-state index is 0. The molecule has 0 aliphatic rings. The molecule has 8 aromatic heterocycles. The van der Waals surface area contributed by atoms with Crippen LogP contribution in [0.4, 0.5) is 0 Å². The van der Waals surface area contributed by atoms with Crippen molar-refractivity contribution in [3.8, 4) is 0 Å². The van der Waals surface area contributed by atoms with E-state index in [1.807, 2.05) is 92.0 Å². The predicted molar refractivity (Wildman–Crippen MR) is 348 cm³/mol. The second-order valence-corrected chi connectivity index (χ2v) is 23.0. The van der Waals surface area contributed by atoms with Gasteiger partial charge in [0.2, 0.25) is 0 Å². The van der Waals surface area contributed by atoms with Gasteiger partial charge in [0.1, 0.15) is 49.1 Å². The minimum Gasteiger partial charge on any atom is -0.245 e. The van der Waals surface area contributed by atoms with Crippen molar-refractivity contribution < 1.29 is 0 Å².